The topological polar surface area (TPSA) is 110 Å². The number of hydrogen-bond donors (Lipinski definition) is 3. The SMILES string of the molecule is CCNC(=O)c1ccc(Nc2nc3ccc(-c4cccc(C(=O)NCC(F)(F)C(F)(F)F)c4)cn3n2)c(OC)c1. The van der Waals surface area contributed by atoms with Crippen LogP contribution >= 0.6 is 0 Å². The fourth-order valence-corrected chi connectivity index (χ4v) is 3.66. The van der Waals surface area contributed by atoms with Crippen LogP contribution in [0.25, 0.3) is 16.8 Å². The number of pyridine rings is 1. The fraction of sp³-hybridized carbons (Fsp3) is 0.231. The van der Waals surface area contributed by atoms with Crippen molar-refractivity contribution in [3.8, 4) is 16.9 Å². The molecule has 0 spiro atoms. The molecule has 210 valence electrons. The first-order chi connectivity index (χ1) is 18.9. The lowest BCUT2D eigenvalue weighted by Crippen LogP contribution is -2.46. The lowest BCUT2D eigenvalue weighted by atomic mass is 10.0. The molecule has 2 aromatic heterocycles. The van der Waals surface area contributed by atoms with Gasteiger partial charge in [-0.2, -0.15) is 26.9 Å². The van der Waals surface area contributed by atoms with E-state index in [9.17, 15) is 31.5 Å². The van der Waals surface area contributed by atoms with E-state index >= 15 is 0 Å². The van der Waals surface area contributed by atoms with Gasteiger partial charge in [-0.1, -0.05) is 12.1 Å². The van der Waals surface area contributed by atoms with Crippen LogP contribution in [-0.4, -0.2) is 58.7 Å². The highest BCUT2D eigenvalue weighted by Gasteiger charge is 2.57. The molecule has 2 heterocycles. The molecule has 0 radical (unpaired) electrons. The number of nitrogens with one attached hydrogen (secondary N) is 3. The van der Waals surface area contributed by atoms with Crippen LogP contribution in [0, 0.1) is 0 Å². The second-order valence-corrected chi connectivity index (χ2v) is 8.52. The Hall–Kier alpha value is -4.75. The first-order valence-electron chi connectivity index (χ1n) is 11.8. The number of alkyl halides is 5. The van der Waals surface area contributed by atoms with Crippen molar-refractivity contribution < 1.29 is 36.3 Å². The van der Waals surface area contributed by atoms with Crippen LogP contribution in [0.5, 0.6) is 5.75 Å². The van der Waals surface area contributed by atoms with Crippen LogP contribution in [0.15, 0.2) is 60.8 Å². The van der Waals surface area contributed by atoms with Crippen LogP contribution in [0.3, 0.4) is 0 Å². The Morgan fingerprint density at radius 2 is 1.65 bits per heavy atom. The molecule has 14 heteroatoms. The number of aromatic nitrogens is 3. The maximum Gasteiger partial charge on any atom is 0.455 e. The standard InChI is InChI=1S/C26H23F5N6O3/c1-3-32-22(38)17-7-9-19(20(12-17)40-2)34-24-35-21-10-8-18(13-37(21)36-24)15-5-4-6-16(11-15)23(39)33-14-25(27,28)26(29,30)31/h4-13H,3,14H2,1-2H3,(H,32,38)(H,33,39)(H,34,36). The molecule has 0 bridgehead atoms. The minimum absolute atomic E-state index is 0.0975. The molecule has 0 saturated carbocycles. The van der Waals surface area contributed by atoms with Gasteiger partial charge in [-0.25, -0.2) is 4.52 Å². The molecule has 4 rings (SSSR count). The first-order valence-corrected chi connectivity index (χ1v) is 11.8. The summed E-state index contributed by atoms with van der Waals surface area (Å²) in [4.78, 5) is 28.8. The summed E-state index contributed by atoms with van der Waals surface area (Å²) in [7, 11) is 1.46. The van der Waals surface area contributed by atoms with Gasteiger partial charge in [0.1, 0.15) is 5.75 Å². The van der Waals surface area contributed by atoms with E-state index in [4.69, 9.17) is 4.74 Å². The Kier molecular flexibility index (Phi) is 7.89. The second kappa shape index (κ2) is 11.2. The van der Waals surface area contributed by atoms with Crippen molar-refractivity contribution in [3.05, 3.63) is 71.9 Å². The van der Waals surface area contributed by atoms with Gasteiger partial charge in [0.05, 0.1) is 19.3 Å². The predicted octanol–water partition coefficient (Wildman–Crippen LogP) is 4.83. The molecule has 0 aliphatic heterocycles. The van der Waals surface area contributed by atoms with Crippen LogP contribution in [0.2, 0.25) is 0 Å². The highest BCUT2D eigenvalue weighted by atomic mass is 19.4. The highest BCUT2D eigenvalue weighted by molar-refractivity contribution is 5.96. The number of amides is 2. The molecule has 2 aromatic carbocycles. The molecular formula is C26H23F5N6O3. The van der Waals surface area contributed by atoms with Crippen molar-refractivity contribution >= 4 is 29.1 Å². The van der Waals surface area contributed by atoms with Gasteiger partial charge in [0.15, 0.2) is 5.65 Å². The number of methoxy groups -OCH3 is 1. The van der Waals surface area contributed by atoms with Crippen molar-refractivity contribution in [1.29, 1.82) is 0 Å². The monoisotopic (exact) mass is 562 g/mol. The van der Waals surface area contributed by atoms with Gasteiger partial charge in [-0.15, -0.1) is 5.10 Å². The van der Waals surface area contributed by atoms with Gasteiger partial charge in [-0.05, 0) is 55.0 Å². The second-order valence-electron chi connectivity index (χ2n) is 8.52. The molecule has 0 saturated heterocycles. The molecule has 2 amide bonds. The lowest BCUT2D eigenvalue weighted by molar-refractivity contribution is -0.278. The summed E-state index contributed by atoms with van der Waals surface area (Å²) in [5, 5.41) is 11.8. The maximum absolute atomic E-state index is 13.2. The number of carbonyl (C=O) groups is 2. The summed E-state index contributed by atoms with van der Waals surface area (Å²) >= 11 is 0. The van der Waals surface area contributed by atoms with Gasteiger partial charge in [0, 0.05) is 29.4 Å². The summed E-state index contributed by atoms with van der Waals surface area (Å²) in [5.74, 6) is -5.76. The van der Waals surface area contributed by atoms with Gasteiger partial charge in [-0.3, -0.25) is 9.59 Å². The molecule has 0 fully saturated rings. The number of benzene rings is 2. The zero-order valence-electron chi connectivity index (χ0n) is 21.1. The van der Waals surface area contributed by atoms with Crippen LogP contribution < -0.4 is 20.7 Å². The van der Waals surface area contributed by atoms with E-state index in [2.05, 4.69) is 20.7 Å². The van der Waals surface area contributed by atoms with E-state index < -0.39 is 24.6 Å². The fourth-order valence-electron chi connectivity index (χ4n) is 3.66. The summed E-state index contributed by atoms with van der Waals surface area (Å²) in [6, 6.07) is 14.0. The molecular weight excluding hydrogens is 539 g/mol. The Morgan fingerprint density at radius 3 is 2.35 bits per heavy atom. The van der Waals surface area contributed by atoms with Gasteiger partial charge in [0.2, 0.25) is 5.95 Å². The van der Waals surface area contributed by atoms with E-state index in [1.54, 1.807) is 47.9 Å². The summed E-state index contributed by atoms with van der Waals surface area (Å²) in [6.45, 7) is 0.414. The molecule has 40 heavy (non-hydrogen) atoms. The van der Waals surface area contributed by atoms with Crippen molar-refractivity contribution in [1.82, 2.24) is 25.2 Å². The summed E-state index contributed by atoms with van der Waals surface area (Å²) in [6.07, 6.45) is -4.17. The third-order valence-electron chi connectivity index (χ3n) is 5.72. The number of carbonyl (C=O) groups excluding carboxylic acids is 2. The average molecular weight is 562 g/mol. The quantitative estimate of drug-likeness (QED) is 0.252. The zero-order valence-corrected chi connectivity index (χ0v) is 21.1. The molecule has 0 aliphatic carbocycles. The maximum atomic E-state index is 13.2. The number of hydrogen-bond acceptors (Lipinski definition) is 6. The Balaban J connectivity index is 1.53. The largest absolute Gasteiger partial charge is 0.495 e. The number of fused-ring (bicyclic) bond motifs is 1. The van der Waals surface area contributed by atoms with Gasteiger partial charge >= 0.3 is 12.1 Å². The van der Waals surface area contributed by atoms with E-state index in [1.165, 1.54) is 29.8 Å². The normalized spacial score (nSPS) is 11.8. The first kappa shape index (κ1) is 28.3. The molecule has 0 aliphatic rings. The van der Waals surface area contributed by atoms with Crippen molar-refractivity contribution in [2.75, 3.05) is 25.5 Å². The van der Waals surface area contributed by atoms with Crippen molar-refractivity contribution in [3.63, 3.8) is 0 Å². The van der Waals surface area contributed by atoms with E-state index in [0.717, 1.165) is 0 Å². The molecule has 3 N–H and O–H groups in total. The zero-order chi connectivity index (χ0) is 29.1. The van der Waals surface area contributed by atoms with E-state index in [-0.39, 0.29) is 17.4 Å². The average Bonchev–Trinajstić information content (AvgIpc) is 3.33. The number of ether oxygens (including phenoxy) is 1. The van der Waals surface area contributed by atoms with E-state index in [0.29, 0.717) is 40.3 Å². The summed E-state index contributed by atoms with van der Waals surface area (Å²) < 4.78 is 70.4. The Morgan fingerprint density at radius 1 is 0.925 bits per heavy atom. The molecule has 4 aromatic rings. The van der Waals surface area contributed by atoms with Crippen LogP contribution in [0.1, 0.15) is 27.6 Å². The van der Waals surface area contributed by atoms with Crippen molar-refractivity contribution in [2.24, 2.45) is 0 Å². The Labute approximate surface area is 224 Å². The number of rotatable bonds is 9. The number of halogens is 5. The third-order valence-corrected chi connectivity index (χ3v) is 5.72. The predicted molar refractivity (Wildman–Crippen MR) is 136 cm³/mol. The molecule has 9 nitrogen and oxygen atoms in total. The van der Waals surface area contributed by atoms with Gasteiger partial charge < -0.3 is 20.7 Å². The smallest absolute Gasteiger partial charge is 0.455 e. The third kappa shape index (κ3) is 6.11. The number of nitrogens with zero attached hydrogens (tertiary/aromatic N) is 3. The number of anilines is 2. The molecule has 0 atom stereocenters. The summed E-state index contributed by atoms with van der Waals surface area (Å²) in [5.41, 5.74) is 2.36. The van der Waals surface area contributed by atoms with E-state index in [1.807, 2.05) is 6.92 Å². The highest BCUT2D eigenvalue weighted by Crippen LogP contribution is 2.34. The Bertz CT molecular complexity index is 1550. The lowest BCUT2D eigenvalue weighted by Gasteiger charge is -2.19. The van der Waals surface area contributed by atoms with Crippen LogP contribution in [-0.2, 0) is 0 Å². The van der Waals surface area contributed by atoms with Gasteiger partial charge in [0.25, 0.3) is 11.8 Å². The van der Waals surface area contributed by atoms with Crippen LogP contribution in [0.4, 0.5) is 33.6 Å². The minimum Gasteiger partial charge on any atom is -0.495 e. The van der Waals surface area contributed by atoms with Crippen molar-refractivity contribution in [2.45, 2.75) is 19.0 Å². The molecule has 0 unspecified atom stereocenters. The minimum atomic E-state index is -5.78.